The summed E-state index contributed by atoms with van der Waals surface area (Å²) in [5.41, 5.74) is 13.5. The van der Waals surface area contributed by atoms with Crippen molar-refractivity contribution in [2.75, 3.05) is 0 Å². The molecule has 20 heavy (non-hydrogen) atoms. The van der Waals surface area contributed by atoms with Crippen LogP contribution in [-0.2, 0) is 10.4 Å². The molecule has 7 nitrogen and oxygen atoms in total. The molecule has 0 aliphatic rings. The van der Waals surface area contributed by atoms with Gasteiger partial charge in [-0.1, -0.05) is 36.4 Å². The average Bonchev–Trinajstić information content (AvgIpc) is 2.40. The van der Waals surface area contributed by atoms with E-state index in [2.05, 4.69) is 0 Å². The third kappa shape index (κ3) is 5.76. The molecule has 0 saturated carbocycles. The predicted octanol–water partition coefficient (Wildman–Crippen LogP) is 3.26. The first kappa shape index (κ1) is 15.4. The minimum Gasteiger partial charge on any atom is -0.373 e. The molecule has 0 aliphatic carbocycles. The standard InChI is InChI=1S/C12H10O4S.N3/c13-17(14,15-11-7-3-1-4-8-11)16-12-9-5-2-6-10-12;1-3-2/h1-10H;/q;-1. The van der Waals surface area contributed by atoms with E-state index in [4.69, 9.17) is 19.4 Å². The van der Waals surface area contributed by atoms with Gasteiger partial charge in [0, 0.05) is 0 Å². The van der Waals surface area contributed by atoms with Gasteiger partial charge < -0.3 is 19.4 Å². The van der Waals surface area contributed by atoms with Crippen molar-refractivity contribution in [2.45, 2.75) is 0 Å². The molecule has 2 aromatic rings. The largest absolute Gasteiger partial charge is 0.500 e. The first-order valence-electron chi connectivity index (χ1n) is 5.30. The quantitative estimate of drug-likeness (QED) is 0.489. The highest BCUT2D eigenvalue weighted by Crippen LogP contribution is 2.16. The second-order valence-electron chi connectivity index (χ2n) is 3.29. The van der Waals surface area contributed by atoms with Crippen molar-refractivity contribution < 1.29 is 16.8 Å². The van der Waals surface area contributed by atoms with Crippen molar-refractivity contribution in [1.29, 1.82) is 0 Å². The molecule has 0 aromatic heterocycles. The molecule has 0 saturated heterocycles. The molecule has 8 heteroatoms. The second-order valence-corrected chi connectivity index (χ2v) is 4.44. The van der Waals surface area contributed by atoms with Crippen LogP contribution in [0.5, 0.6) is 11.5 Å². The van der Waals surface area contributed by atoms with E-state index in [-0.39, 0.29) is 11.5 Å². The monoisotopic (exact) mass is 292 g/mol. The molecule has 0 fully saturated rings. The number of hydrogen-bond donors (Lipinski definition) is 0. The van der Waals surface area contributed by atoms with Crippen LogP contribution < -0.4 is 8.37 Å². The summed E-state index contributed by atoms with van der Waals surface area (Å²) in [7, 11) is -4.09. The summed E-state index contributed by atoms with van der Waals surface area (Å²) >= 11 is 0. The number of para-hydroxylation sites is 2. The van der Waals surface area contributed by atoms with Crippen LogP contribution in [0.2, 0.25) is 0 Å². The summed E-state index contributed by atoms with van der Waals surface area (Å²) in [6.45, 7) is 0. The smallest absolute Gasteiger partial charge is 0.373 e. The normalized spacial score (nSPS) is 9.60. The van der Waals surface area contributed by atoms with Gasteiger partial charge in [0.1, 0.15) is 11.5 Å². The van der Waals surface area contributed by atoms with Gasteiger partial charge in [-0.3, -0.25) is 4.91 Å². The minimum absolute atomic E-state index is 0.212. The fourth-order valence-corrected chi connectivity index (χ4v) is 1.93. The van der Waals surface area contributed by atoms with E-state index in [1.807, 2.05) is 0 Å². The Morgan fingerprint density at radius 3 is 1.35 bits per heavy atom. The van der Waals surface area contributed by atoms with Gasteiger partial charge in [-0.05, 0) is 24.3 Å². The molecule has 0 radical (unpaired) electrons. The van der Waals surface area contributed by atoms with Crippen molar-refractivity contribution in [2.24, 2.45) is 0 Å². The third-order valence-corrected chi connectivity index (χ3v) is 2.68. The first-order chi connectivity index (χ1) is 9.57. The van der Waals surface area contributed by atoms with Gasteiger partial charge in [-0.25, -0.2) is 0 Å². The predicted molar refractivity (Wildman–Crippen MR) is 73.1 cm³/mol. The van der Waals surface area contributed by atoms with Crippen LogP contribution in [0.25, 0.3) is 16.0 Å². The summed E-state index contributed by atoms with van der Waals surface area (Å²) in [5, 5.41) is 0. The number of hydrogen-bond acceptors (Lipinski definition) is 4. The fraction of sp³-hybridized carbons (Fsp3) is 0. The van der Waals surface area contributed by atoms with Crippen molar-refractivity contribution >= 4 is 10.4 Å². The molecule has 0 spiro atoms. The van der Waals surface area contributed by atoms with Gasteiger partial charge in [0.15, 0.2) is 0 Å². The van der Waals surface area contributed by atoms with Crippen molar-refractivity contribution in [1.82, 2.24) is 0 Å². The zero-order valence-corrected chi connectivity index (χ0v) is 11.0. The van der Waals surface area contributed by atoms with Crippen LogP contribution in [0.15, 0.2) is 60.7 Å². The van der Waals surface area contributed by atoms with E-state index in [1.54, 1.807) is 36.4 Å². The molecular weight excluding hydrogens is 282 g/mol. The van der Waals surface area contributed by atoms with E-state index in [0.717, 1.165) is 0 Å². The topological polar surface area (TPSA) is 111 Å². The van der Waals surface area contributed by atoms with E-state index in [0.29, 0.717) is 0 Å². The maximum Gasteiger partial charge on any atom is 0.500 e. The highest BCUT2D eigenvalue weighted by atomic mass is 32.3. The van der Waals surface area contributed by atoms with Gasteiger partial charge in [-0.2, -0.15) is 0 Å². The third-order valence-electron chi connectivity index (χ3n) is 1.88. The van der Waals surface area contributed by atoms with E-state index >= 15 is 0 Å². The van der Waals surface area contributed by atoms with Crippen LogP contribution in [0.4, 0.5) is 0 Å². The highest BCUT2D eigenvalue weighted by Gasteiger charge is 2.14. The maximum absolute atomic E-state index is 11.5. The van der Waals surface area contributed by atoms with Gasteiger partial charge in [0.2, 0.25) is 0 Å². The van der Waals surface area contributed by atoms with E-state index in [1.165, 1.54) is 29.2 Å². The van der Waals surface area contributed by atoms with Crippen LogP contribution in [0.3, 0.4) is 0 Å². The fourth-order valence-electron chi connectivity index (χ4n) is 1.20. The lowest BCUT2D eigenvalue weighted by molar-refractivity contribution is 0.392. The Labute approximate surface area is 116 Å². The Bertz CT molecular complexity index is 606. The highest BCUT2D eigenvalue weighted by molar-refractivity contribution is 7.82. The van der Waals surface area contributed by atoms with E-state index < -0.39 is 10.4 Å². The summed E-state index contributed by atoms with van der Waals surface area (Å²) in [5.74, 6) is 0.423. The Hall–Kier alpha value is -2.70. The summed E-state index contributed by atoms with van der Waals surface area (Å²) in [4.78, 5) is 1.50. The number of nitrogens with zero attached hydrogens (tertiary/aromatic N) is 3. The Morgan fingerprint density at radius 1 is 0.750 bits per heavy atom. The first-order valence-corrected chi connectivity index (χ1v) is 6.63. The Morgan fingerprint density at radius 2 is 1.05 bits per heavy atom. The molecule has 0 atom stereocenters. The van der Waals surface area contributed by atoms with Gasteiger partial charge in [-0.15, -0.1) is 8.42 Å². The number of benzene rings is 2. The lowest BCUT2D eigenvalue weighted by Gasteiger charge is -2.07. The van der Waals surface area contributed by atoms with Gasteiger partial charge in [0.25, 0.3) is 0 Å². The molecule has 0 unspecified atom stereocenters. The average molecular weight is 292 g/mol. The molecule has 2 aromatic carbocycles. The number of rotatable bonds is 4. The molecule has 0 N–H and O–H groups in total. The molecule has 2 rings (SSSR count). The SMILES string of the molecule is O=S(=O)(Oc1ccccc1)Oc1ccccc1.[N-]=[N+]=[N-]. The zero-order valence-electron chi connectivity index (χ0n) is 10.2. The van der Waals surface area contributed by atoms with Crippen LogP contribution in [-0.4, -0.2) is 8.42 Å². The zero-order chi connectivity index (χ0) is 14.8. The molecule has 104 valence electrons. The maximum atomic E-state index is 11.5. The van der Waals surface area contributed by atoms with Gasteiger partial charge in [0.05, 0.1) is 0 Å². The summed E-state index contributed by atoms with van der Waals surface area (Å²) < 4.78 is 32.6. The van der Waals surface area contributed by atoms with Crippen LogP contribution in [0, 0.1) is 0 Å². The van der Waals surface area contributed by atoms with Crippen LogP contribution in [0.1, 0.15) is 0 Å². The molecule has 0 amide bonds. The van der Waals surface area contributed by atoms with Crippen LogP contribution >= 0.6 is 0 Å². The molecule has 0 heterocycles. The molecular formula is C12H10N3O4S-. The lowest BCUT2D eigenvalue weighted by Crippen LogP contribution is -2.16. The Kier molecular flexibility index (Phi) is 5.89. The van der Waals surface area contributed by atoms with Crippen molar-refractivity contribution in [3.05, 3.63) is 76.6 Å². The molecule has 0 aliphatic heterocycles. The van der Waals surface area contributed by atoms with Crippen molar-refractivity contribution in [3.63, 3.8) is 0 Å². The lowest BCUT2D eigenvalue weighted by atomic mass is 10.3. The Balaban J connectivity index is 0.000000612. The van der Waals surface area contributed by atoms with E-state index in [9.17, 15) is 8.42 Å². The second kappa shape index (κ2) is 7.67. The van der Waals surface area contributed by atoms with Crippen molar-refractivity contribution in [3.8, 4) is 11.5 Å². The molecule has 0 bridgehead atoms. The summed E-state index contributed by atoms with van der Waals surface area (Å²) in [6, 6.07) is 16.4. The van der Waals surface area contributed by atoms with Gasteiger partial charge >= 0.3 is 10.4 Å². The summed E-state index contributed by atoms with van der Waals surface area (Å²) in [6.07, 6.45) is 0. The minimum atomic E-state index is -4.09.